The van der Waals surface area contributed by atoms with Crippen molar-refractivity contribution in [3.63, 3.8) is 0 Å². The van der Waals surface area contributed by atoms with Crippen molar-refractivity contribution in [1.82, 2.24) is 29.2 Å². The standard InChI is InChI=1S/C13H17N7O/c1-13(2,14)10-9-18(17-15-10)7-8-20-12(21)19-6-4-3-5-11(19)16-20/h3-6,9H,7-8,14H2,1-2H3. The van der Waals surface area contributed by atoms with E-state index in [1.54, 1.807) is 29.2 Å². The Kier molecular flexibility index (Phi) is 3.09. The van der Waals surface area contributed by atoms with Gasteiger partial charge in [-0.05, 0) is 26.0 Å². The van der Waals surface area contributed by atoms with Crippen LogP contribution in [0.15, 0.2) is 35.4 Å². The van der Waals surface area contributed by atoms with E-state index in [2.05, 4.69) is 15.4 Å². The van der Waals surface area contributed by atoms with Crippen molar-refractivity contribution in [1.29, 1.82) is 0 Å². The molecule has 3 aromatic heterocycles. The summed E-state index contributed by atoms with van der Waals surface area (Å²) in [5.41, 5.74) is 6.62. The SMILES string of the molecule is CC(C)(N)c1cn(CCn2nc3ccccn3c2=O)nn1. The zero-order valence-electron chi connectivity index (χ0n) is 12.0. The average Bonchev–Trinajstić information content (AvgIpc) is 3.02. The highest BCUT2D eigenvalue weighted by Gasteiger charge is 2.18. The molecule has 0 spiro atoms. The Balaban J connectivity index is 1.79. The zero-order valence-corrected chi connectivity index (χ0v) is 12.0. The highest BCUT2D eigenvalue weighted by Crippen LogP contribution is 2.12. The molecule has 0 aliphatic heterocycles. The molecule has 21 heavy (non-hydrogen) atoms. The number of pyridine rings is 1. The zero-order chi connectivity index (χ0) is 15.0. The molecular formula is C13H17N7O. The largest absolute Gasteiger partial charge is 0.350 e. The summed E-state index contributed by atoms with van der Waals surface area (Å²) in [5, 5.41) is 12.3. The van der Waals surface area contributed by atoms with Crippen LogP contribution >= 0.6 is 0 Å². The van der Waals surface area contributed by atoms with Gasteiger partial charge in [-0.25, -0.2) is 9.48 Å². The second-order valence-electron chi connectivity index (χ2n) is 5.52. The first-order valence-electron chi connectivity index (χ1n) is 6.69. The minimum absolute atomic E-state index is 0.162. The van der Waals surface area contributed by atoms with Gasteiger partial charge in [0.25, 0.3) is 0 Å². The molecule has 0 saturated heterocycles. The van der Waals surface area contributed by atoms with Crippen molar-refractivity contribution in [3.05, 3.63) is 46.8 Å². The van der Waals surface area contributed by atoms with Gasteiger partial charge in [0.15, 0.2) is 5.65 Å². The van der Waals surface area contributed by atoms with Crippen molar-refractivity contribution in [3.8, 4) is 0 Å². The number of nitrogens with zero attached hydrogens (tertiary/aromatic N) is 6. The molecule has 0 fully saturated rings. The fraction of sp³-hybridized carbons (Fsp3) is 0.385. The van der Waals surface area contributed by atoms with E-state index >= 15 is 0 Å². The third-order valence-electron chi connectivity index (χ3n) is 3.23. The maximum Gasteiger partial charge on any atom is 0.350 e. The van der Waals surface area contributed by atoms with Crippen LogP contribution in [-0.4, -0.2) is 29.2 Å². The monoisotopic (exact) mass is 287 g/mol. The predicted octanol–water partition coefficient (Wildman–Crippen LogP) is -0.0185. The van der Waals surface area contributed by atoms with Gasteiger partial charge >= 0.3 is 5.69 Å². The molecule has 0 saturated carbocycles. The molecule has 0 unspecified atom stereocenters. The Hall–Kier alpha value is -2.48. The minimum atomic E-state index is -0.530. The molecule has 0 radical (unpaired) electrons. The van der Waals surface area contributed by atoms with Crippen molar-refractivity contribution >= 4 is 5.65 Å². The van der Waals surface area contributed by atoms with Gasteiger partial charge in [-0.1, -0.05) is 11.3 Å². The van der Waals surface area contributed by atoms with Crippen molar-refractivity contribution in [2.24, 2.45) is 5.73 Å². The van der Waals surface area contributed by atoms with E-state index in [1.165, 1.54) is 9.08 Å². The minimum Gasteiger partial charge on any atom is -0.320 e. The van der Waals surface area contributed by atoms with Crippen LogP contribution in [0, 0.1) is 0 Å². The summed E-state index contributed by atoms with van der Waals surface area (Å²) in [6.45, 7) is 4.67. The van der Waals surface area contributed by atoms with Gasteiger partial charge < -0.3 is 5.73 Å². The molecular weight excluding hydrogens is 270 g/mol. The summed E-state index contributed by atoms with van der Waals surface area (Å²) < 4.78 is 4.60. The van der Waals surface area contributed by atoms with E-state index in [9.17, 15) is 4.79 Å². The summed E-state index contributed by atoms with van der Waals surface area (Å²) in [6.07, 6.45) is 3.49. The fourth-order valence-electron chi connectivity index (χ4n) is 2.01. The molecule has 0 aromatic carbocycles. The Labute approximate surface area is 120 Å². The molecule has 0 atom stereocenters. The lowest BCUT2D eigenvalue weighted by molar-refractivity contribution is 0.480. The van der Waals surface area contributed by atoms with E-state index in [0.29, 0.717) is 24.4 Å². The molecule has 0 bridgehead atoms. The number of hydrogen-bond acceptors (Lipinski definition) is 5. The Morgan fingerprint density at radius 3 is 2.76 bits per heavy atom. The van der Waals surface area contributed by atoms with Crippen molar-refractivity contribution in [2.75, 3.05) is 0 Å². The van der Waals surface area contributed by atoms with Gasteiger partial charge in [0, 0.05) is 6.20 Å². The molecule has 8 heteroatoms. The first kappa shape index (κ1) is 13.5. The number of rotatable bonds is 4. The summed E-state index contributed by atoms with van der Waals surface area (Å²) in [6, 6.07) is 5.44. The Morgan fingerprint density at radius 2 is 2.10 bits per heavy atom. The van der Waals surface area contributed by atoms with Crippen LogP contribution in [0.3, 0.4) is 0 Å². The molecule has 8 nitrogen and oxygen atoms in total. The van der Waals surface area contributed by atoms with Gasteiger partial charge in [0.1, 0.15) is 5.69 Å². The summed E-state index contributed by atoms with van der Waals surface area (Å²) in [5.74, 6) is 0. The maximum absolute atomic E-state index is 12.1. The number of nitrogens with two attached hydrogens (primary N) is 1. The van der Waals surface area contributed by atoms with Gasteiger partial charge in [-0.15, -0.1) is 10.2 Å². The van der Waals surface area contributed by atoms with Crippen LogP contribution in [0.2, 0.25) is 0 Å². The molecule has 0 amide bonds. The Morgan fingerprint density at radius 1 is 1.29 bits per heavy atom. The van der Waals surface area contributed by atoms with Gasteiger partial charge in [-0.2, -0.15) is 0 Å². The Bertz CT molecular complexity index is 821. The second-order valence-corrected chi connectivity index (χ2v) is 5.52. The molecule has 3 aromatic rings. The maximum atomic E-state index is 12.1. The lowest BCUT2D eigenvalue weighted by Gasteiger charge is -2.13. The van der Waals surface area contributed by atoms with Gasteiger partial charge in [0.05, 0.1) is 24.8 Å². The van der Waals surface area contributed by atoms with Crippen LogP contribution in [0.1, 0.15) is 19.5 Å². The van der Waals surface area contributed by atoms with E-state index in [0.717, 1.165) is 0 Å². The summed E-state index contributed by atoms with van der Waals surface area (Å²) in [7, 11) is 0. The molecule has 3 heterocycles. The van der Waals surface area contributed by atoms with Crippen LogP contribution in [0.4, 0.5) is 0 Å². The molecule has 0 aliphatic carbocycles. The van der Waals surface area contributed by atoms with Crippen molar-refractivity contribution in [2.45, 2.75) is 32.5 Å². The first-order chi connectivity index (χ1) is 9.95. The van der Waals surface area contributed by atoms with Crippen LogP contribution < -0.4 is 11.4 Å². The quantitative estimate of drug-likeness (QED) is 0.727. The average molecular weight is 287 g/mol. The number of fused-ring (bicyclic) bond motifs is 1. The fourth-order valence-corrected chi connectivity index (χ4v) is 2.01. The highest BCUT2D eigenvalue weighted by atomic mass is 16.2. The topological polar surface area (TPSA) is 96.0 Å². The van der Waals surface area contributed by atoms with E-state index in [-0.39, 0.29) is 5.69 Å². The third-order valence-corrected chi connectivity index (χ3v) is 3.23. The number of hydrogen-bond donors (Lipinski definition) is 1. The lowest BCUT2D eigenvalue weighted by Crippen LogP contribution is -2.29. The summed E-state index contributed by atoms with van der Waals surface area (Å²) in [4.78, 5) is 12.1. The molecule has 0 aliphatic rings. The third kappa shape index (κ3) is 2.57. The second kappa shape index (κ2) is 4.81. The molecule has 2 N–H and O–H groups in total. The summed E-state index contributed by atoms with van der Waals surface area (Å²) >= 11 is 0. The number of aromatic nitrogens is 6. The van der Waals surface area contributed by atoms with Crippen LogP contribution in [0.25, 0.3) is 5.65 Å². The van der Waals surface area contributed by atoms with Crippen molar-refractivity contribution < 1.29 is 0 Å². The van der Waals surface area contributed by atoms with Gasteiger partial charge in [-0.3, -0.25) is 9.08 Å². The highest BCUT2D eigenvalue weighted by molar-refractivity contribution is 5.35. The molecule has 110 valence electrons. The first-order valence-corrected chi connectivity index (χ1v) is 6.69. The van der Waals surface area contributed by atoms with E-state index in [1.807, 2.05) is 19.9 Å². The van der Waals surface area contributed by atoms with Crippen LogP contribution in [-0.2, 0) is 18.6 Å². The van der Waals surface area contributed by atoms with E-state index in [4.69, 9.17) is 5.73 Å². The predicted molar refractivity (Wildman–Crippen MR) is 76.7 cm³/mol. The number of aryl methyl sites for hydroxylation is 2. The lowest BCUT2D eigenvalue weighted by atomic mass is 10.0. The normalized spacial score (nSPS) is 12.1. The van der Waals surface area contributed by atoms with Crippen LogP contribution in [0.5, 0.6) is 0 Å². The van der Waals surface area contributed by atoms with Gasteiger partial charge in [0.2, 0.25) is 0 Å². The smallest absolute Gasteiger partial charge is 0.320 e. The molecule has 3 rings (SSSR count). The van der Waals surface area contributed by atoms with E-state index < -0.39 is 5.54 Å².